The number of nitro groups is 1. The van der Waals surface area contributed by atoms with Gasteiger partial charge in [-0.3, -0.25) is 10.1 Å². The van der Waals surface area contributed by atoms with Crippen LogP contribution in [0.5, 0.6) is 0 Å². The van der Waals surface area contributed by atoms with Crippen LogP contribution in [0.2, 0.25) is 0 Å². The highest BCUT2D eigenvalue weighted by molar-refractivity contribution is 5.42. The van der Waals surface area contributed by atoms with Crippen molar-refractivity contribution in [2.24, 2.45) is 0 Å². The largest absolute Gasteiger partial charge is 0.368 e. The minimum atomic E-state index is -0.378. The van der Waals surface area contributed by atoms with Gasteiger partial charge in [0, 0.05) is 6.07 Å². The Morgan fingerprint density at radius 1 is 1.43 bits per heavy atom. The summed E-state index contributed by atoms with van der Waals surface area (Å²) in [4.78, 5) is 10.1. The third-order valence-corrected chi connectivity index (χ3v) is 1.81. The van der Waals surface area contributed by atoms with Crippen LogP contribution in [0.25, 0.3) is 0 Å². The second-order valence-electron chi connectivity index (χ2n) is 2.64. The molecule has 0 radical (unpaired) electrons. The van der Waals surface area contributed by atoms with Gasteiger partial charge in [-0.15, -0.1) is 0 Å². The first-order valence-corrected chi connectivity index (χ1v) is 4.64. The number of rotatable bonds is 2. The van der Waals surface area contributed by atoms with E-state index in [0.29, 0.717) is 12.2 Å². The average Bonchev–Trinajstić information content (AvgIpc) is 3.04. The van der Waals surface area contributed by atoms with Crippen LogP contribution in [0.4, 0.5) is 5.69 Å². The maximum absolute atomic E-state index is 10.5. The second-order valence-corrected chi connectivity index (χ2v) is 2.64. The predicted molar refractivity (Wildman–Crippen MR) is 53.1 cm³/mol. The molecule has 0 saturated carbocycles. The molecule has 1 unspecified atom stereocenters. The molecular formula is C10H13NO3. The van der Waals surface area contributed by atoms with E-state index in [4.69, 9.17) is 4.74 Å². The van der Waals surface area contributed by atoms with Crippen LogP contribution in [0.15, 0.2) is 24.3 Å². The normalized spacial score (nSPS) is 18.0. The highest BCUT2D eigenvalue weighted by Crippen LogP contribution is 2.35. The summed E-state index contributed by atoms with van der Waals surface area (Å²) in [6, 6.07) is 6.67. The van der Waals surface area contributed by atoms with Gasteiger partial charge in [-0.25, -0.2) is 0 Å². The molecule has 0 amide bonds. The van der Waals surface area contributed by atoms with E-state index in [-0.39, 0.29) is 16.7 Å². The van der Waals surface area contributed by atoms with Crippen LogP contribution in [-0.2, 0) is 4.74 Å². The lowest BCUT2D eigenvalue weighted by molar-refractivity contribution is -0.385. The van der Waals surface area contributed by atoms with Crippen LogP contribution in [0.3, 0.4) is 0 Å². The molecule has 1 aromatic rings. The molecule has 1 atom stereocenters. The fraction of sp³-hybridized carbons (Fsp3) is 0.400. The summed E-state index contributed by atoms with van der Waals surface area (Å²) < 4.78 is 4.98. The molecule has 0 N–H and O–H groups in total. The number of hydrogen-bond donors (Lipinski definition) is 0. The Bertz CT molecular complexity index is 321. The molecule has 1 saturated heterocycles. The maximum atomic E-state index is 10.5. The van der Waals surface area contributed by atoms with E-state index in [0.717, 1.165) is 0 Å². The molecule has 0 aliphatic carbocycles. The van der Waals surface area contributed by atoms with E-state index in [9.17, 15) is 10.1 Å². The van der Waals surface area contributed by atoms with Gasteiger partial charge in [0.25, 0.3) is 5.69 Å². The zero-order valence-corrected chi connectivity index (χ0v) is 8.27. The Kier molecular flexibility index (Phi) is 3.59. The average molecular weight is 195 g/mol. The molecule has 1 aliphatic rings. The minimum Gasteiger partial charge on any atom is -0.368 e. The molecular weight excluding hydrogens is 182 g/mol. The summed E-state index contributed by atoms with van der Waals surface area (Å²) >= 11 is 0. The first kappa shape index (κ1) is 10.7. The lowest BCUT2D eigenvalue weighted by Gasteiger charge is -1.96. The molecule has 14 heavy (non-hydrogen) atoms. The highest BCUT2D eigenvalue weighted by atomic mass is 16.6. The third-order valence-electron chi connectivity index (χ3n) is 1.81. The van der Waals surface area contributed by atoms with Crippen molar-refractivity contribution in [2.45, 2.75) is 20.0 Å². The first-order chi connectivity index (χ1) is 6.79. The Hall–Kier alpha value is -1.42. The Morgan fingerprint density at radius 3 is 2.50 bits per heavy atom. The number of nitro benzene ring substituents is 1. The van der Waals surface area contributed by atoms with Gasteiger partial charge in [0.05, 0.1) is 17.1 Å². The van der Waals surface area contributed by atoms with E-state index in [1.54, 1.807) is 18.2 Å². The monoisotopic (exact) mass is 195 g/mol. The van der Waals surface area contributed by atoms with Crippen molar-refractivity contribution in [3.63, 3.8) is 0 Å². The minimum absolute atomic E-state index is 0.0494. The number of benzene rings is 1. The summed E-state index contributed by atoms with van der Waals surface area (Å²) in [5, 5.41) is 10.5. The summed E-state index contributed by atoms with van der Waals surface area (Å²) in [5.41, 5.74) is 0.836. The Morgan fingerprint density at radius 2 is 2.00 bits per heavy atom. The van der Waals surface area contributed by atoms with Gasteiger partial charge in [0.2, 0.25) is 0 Å². The van der Waals surface area contributed by atoms with Crippen molar-refractivity contribution in [3.05, 3.63) is 39.9 Å². The molecule has 0 aromatic heterocycles. The van der Waals surface area contributed by atoms with E-state index in [1.807, 2.05) is 13.8 Å². The van der Waals surface area contributed by atoms with Crippen molar-refractivity contribution >= 4 is 5.69 Å². The maximum Gasteiger partial charge on any atom is 0.275 e. The fourth-order valence-electron chi connectivity index (χ4n) is 1.15. The number of ether oxygens (including phenoxy) is 1. The van der Waals surface area contributed by atoms with Crippen LogP contribution >= 0.6 is 0 Å². The van der Waals surface area contributed by atoms with Gasteiger partial charge >= 0.3 is 0 Å². The highest BCUT2D eigenvalue weighted by Gasteiger charge is 2.31. The van der Waals surface area contributed by atoms with Gasteiger partial charge < -0.3 is 4.74 Å². The van der Waals surface area contributed by atoms with Crippen molar-refractivity contribution in [2.75, 3.05) is 6.61 Å². The van der Waals surface area contributed by atoms with Crippen LogP contribution < -0.4 is 0 Å². The molecule has 76 valence electrons. The van der Waals surface area contributed by atoms with Crippen LogP contribution in [0, 0.1) is 10.1 Å². The van der Waals surface area contributed by atoms with E-state index in [2.05, 4.69) is 0 Å². The molecule has 2 rings (SSSR count). The van der Waals surface area contributed by atoms with E-state index in [1.165, 1.54) is 6.07 Å². The summed E-state index contributed by atoms with van der Waals surface area (Å²) in [6.07, 6.45) is -0.0494. The molecule has 1 aliphatic heterocycles. The zero-order valence-electron chi connectivity index (χ0n) is 8.27. The van der Waals surface area contributed by atoms with Gasteiger partial charge in [0.15, 0.2) is 0 Å². The summed E-state index contributed by atoms with van der Waals surface area (Å²) in [7, 11) is 0. The Balaban J connectivity index is 0.000000461. The fourth-order valence-corrected chi connectivity index (χ4v) is 1.15. The van der Waals surface area contributed by atoms with Crippen molar-refractivity contribution in [3.8, 4) is 0 Å². The first-order valence-electron chi connectivity index (χ1n) is 4.64. The van der Waals surface area contributed by atoms with E-state index < -0.39 is 0 Å². The number of epoxide rings is 1. The van der Waals surface area contributed by atoms with Crippen molar-refractivity contribution < 1.29 is 9.66 Å². The number of hydrogen-bond acceptors (Lipinski definition) is 3. The van der Waals surface area contributed by atoms with Gasteiger partial charge in [-0.05, 0) is 6.07 Å². The van der Waals surface area contributed by atoms with Gasteiger partial charge in [0.1, 0.15) is 6.10 Å². The van der Waals surface area contributed by atoms with E-state index >= 15 is 0 Å². The predicted octanol–water partition coefficient (Wildman–Crippen LogP) is 2.69. The lowest BCUT2D eigenvalue weighted by Crippen LogP contribution is -1.93. The second kappa shape index (κ2) is 4.72. The lowest BCUT2D eigenvalue weighted by atomic mass is 10.1. The van der Waals surface area contributed by atoms with Crippen molar-refractivity contribution in [1.82, 2.24) is 0 Å². The summed E-state index contributed by atoms with van der Waals surface area (Å²) in [5.74, 6) is 0. The number of nitrogens with zero attached hydrogens (tertiary/aromatic N) is 1. The number of para-hydroxylation sites is 1. The Labute approximate surface area is 82.7 Å². The van der Waals surface area contributed by atoms with Crippen molar-refractivity contribution in [1.29, 1.82) is 0 Å². The van der Waals surface area contributed by atoms with Crippen LogP contribution in [0.1, 0.15) is 25.5 Å². The zero-order chi connectivity index (χ0) is 10.6. The topological polar surface area (TPSA) is 55.7 Å². The summed E-state index contributed by atoms with van der Waals surface area (Å²) in [6.45, 7) is 4.60. The smallest absolute Gasteiger partial charge is 0.275 e. The SMILES string of the molecule is CC.O=[N+]([O-])c1ccccc1C1CO1. The van der Waals surface area contributed by atoms with Gasteiger partial charge in [-0.1, -0.05) is 26.0 Å². The van der Waals surface area contributed by atoms with Crippen LogP contribution in [-0.4, -0.2) is 11.5 Å². The third kappa shape index (κ3) is 2.29. The van der Waals surface area contributed by atoms with Gasteiger partial charge in [-0.2, -0.15) is 0 Å². The molecule has 0 spiro atoms. The molecule has 1 heterocycles. The standard InChI is InChI=1S/C8H7NO3.C2H6/c10-9(11)7-4-2-1-3-6(7)8-5-12-8;1-2/h1-4,8H,5H2;1-2H3. The molecule has 1 aromatic carbocycles. The quantitative estimate of drug-likeness (QED) is 0.414. The molecule has 0 bridgehead atoms. The molecule has 1 fully saturated rings. The molecule has 4 nitrogen and oxygen atoms in total. The molecule has 4 heteroatoms.